The summed E-state index contributed by atoms with van der Waals surface area (Å²) >= 11 is 0. The molecule has 0 N–H and O–H groups in total. The summed E-state index contributed by atoms with van der Waals surface area (Å²) < 4.78 is 0. The van der Waals surface area contributed by atoms with Gasteiger partial charge in [0.1, 0.15) is 6.10 Å². The van der Waals surface area contributed by atoms with Crippen molar-refractivity contribution in [2.45, 2.75) is 31.4 Å². The summed E-state index contributed by atoms with van der Waals surface area (Å²) in [6.45, 7) is 1.12. The molecule has 0 bridgehead atoms. The van der Waals surface area contributed by atoms with E-state index >= 15 is 0 Å². The number of hydrogen-bond donors (Lipinski definition) is 0. The van der Waals surface area contributed by atoms with Crippen LogP contribution < -0.4 is 0 Å². The number of fused-ring (bicyclic) bond motifs is 1. The predicted octanol–water partition coefficient (Wildman–Crippen LogP) is 2.53. The van der Waals surface area contributed by atoms with E-state index in [1.165, 1.54) is 24.8 Å². The molecule has 74 valence electrons. The molecular formula is C12H15NO. The van der Waals surface area contributed by atoms with E-state index in [9.17, 15) is 0 Å². The predicted molar refractivity (Wildman–Crippen MR) is 54.6 cm³/mol. The van der Waals surface area contributed by atoms with Crippen molar-refractivity contribution in [3.8, 4) is 0 Å². The van der Waals surface area contributed by atoms with E-state index in [2.05, 4.69) is 35.4 Å². The van der Waals surface area contributed by atoms with Gasteiger partial charge in [0.25, 0.3) is 0 Å². The summed E-state index contributed by atoms with van der Waals surface area (Å²) in [5, 5.41) is 2.18. The van der Waals surface area contributed by atoms with Crippen LogP contribution >= 0.6 is 0 Å². The number of benzene rings is 1. The second-order valence-corrected chi connectivity index (χ2v) is 4.18. The van der Waals surface area contributed by atoms with Gasteiger partial charge in [0.2, 0.25) is 0 Å². The van der Waals surface area contributed by atoms with Crippen LogP contribution in [0.2, 0.25) is 0 Å². The summed E-state index contributed by atoms with van der Waals surface area (Å²) in [5.41, 5.74) is 1.32. The molecule has 3 rings (SSSR count). The Hall–Kier alpha value is -0.860. The third-order valence-electron chi connectivity index (χ3n) is 3.24. The van der Waals surface area contributed by atoms with Crippen LogP contribution in [0.3, 0.4) is 0 Å². The first kappa shape index (κ1) is 8.45. The average Bonchev–Trinajstić information content (AvgIpc) is 2.78. The van der Waals surface area contributed by atoms with E-state index in [-0.39, 0.29) is 0 Å². The molecule has 0 aliphatic carbocycles. The van der Waals surface area contributed by atoms with Crippen LogP contribution in [-0.2, 0) is 4.84 Å². The first-order chi connectivity index (χ1) is 6.93. The van der Waals surface area contributed by atoms with Crippen molar-refractivity contribution in [2.75, 3.05) is 6.54 Å². The molecule has 2 saturated heterocycles. The summed E-state index contributed by atoms with van der Waals surface area (Å²) in [6, 6.07) is 11.2. The average molecular weight is 189 g/mol. The van der Waals surface area contributed by atoms with E-state index in [4.69, 9.17) is 4.84 Å². The van der Waals surface area contributed by atoms with Crippen LogP contribution in [-0.4, -0.2) is 17.6 Å². The smallest absolute Gasteiger partial charge is 0.106 e. The van der Waals surface area contributed by atoms with E-state index in [1.54, 1.807) is 0 Å². The van der Waals surface area contributed by atoms with Crippen LogP contribution in [0, 0.1) is 0 Å². The molecule has 0 spiro atoms. The highest BCUT2D eigenvalue weighted by Crippen LogP contribution is 2.37. The lowest BCUT2D eigenvalue weighted by molar-refractivity contribution is -0.149. The molecule has 14 heavy (non-hydrogen) atoms. The highest BCUT2D eigenvalue weighted by atomic mass is 16.7. The second-order valence-electron chi connectivity index (χ2n) is 4.18. The fourth-order valence-electron chi connectivity index (χ4n) is 2.50. The molecule has 0 unspecified atom stereocenters. The Labute approximate surface area is 84.4 Å². The van der Waals surface area contributed by atoms with Crippen LogP contribution in [0.5, 0.6) is 0 Å². The Morgan fingerprint density at radius 2 is 2.07 bits per heavy atom. The number of hydroxylamine groups is 2. The van der Waals surface area contributed by atoms with Gasteiger partial charge >= 0.3 is 0 Å². The lowest BCUT2D eigenvalue weighted by Crippen LogP contribution is -2.20. The third-order valence-corrected chi connectivity index (χ3v) is 3.24. The van der Waals surface area contributed by atoms with Crippen molar-refractivity contribution in [3.63, 3.8) is 0 Å². The summed E-state index contributed by atoms with van der Waals surface area (Å²) in [4.78, 5) is 5.90. The number of rotatable bonds is 1. The molecule has 0 aromatic heterocycles. The van der Waals surface area contributed by atoms with Gasteiger partial charge in [0.05, 0.1) is 0 Å². The summed E-state index contributed by atoms with van der Waals surface area (Å²) in [6.07, 6.45) is 4.08. The Morgan fingerprint density at radius 3 is 2.86 bits per heavy atom. The van der Waals surface area contributed by atoms with Crippen LogP contribution in [0.25, 0.3) is 0 Å². The minimum absolute atomic E-state index is 0.307. The lowest BCUT2D eigenvalue weighted by Gasteiger charge is -2.13. The van der Waals surface area contributed by atoms with Gasteiger partial charge < -0.3 is 0 Å². The normalized spacial score (nSPS) is 32.0. The first-order valence-electron chi connectivity index (χ1n) is 5.42. The van der Waals surface area contributed by atoms with E-state index < -0.39 is 0 Å². The van der Waals surface area contributed by atoms with Gasteiger partial charge in [-0.15, -0.1) is 0 Å². The molecule has 1 aromatic rings. The van der Waals surface area contributed by atoms with Crippen molar-refractivity contribution in [1.82, 2.24) is 5.06 Å². The van der Waals surface area contributed by atoms with Gasteiger partial charge in [0, 0.05) is 12.6 Å². The molecule has 0 radical (unpaired) electrons. The number of hydrogen-bond acceptors (Lipinski definition) is 2. The van der Waals surface area contributed by atoms with E-state index in [1.807, 2.05) is 0 Å². The van der Waals surface area contributed by atoms with Crippen LogP contribution in [0.1, 0.15) is 30.9 Å². The van der Waals surface area contributed by atoms with Gasteiger partial charge in [-0.1, -0.05) is 30.3 Å². The van der Waals surface area contributed by atoms with Crippen molar-refractivity contribution < 1.29 is 4.84 Å². The van der Waals surface area contributed by atoms with Crippen molar-refractivity contribution in [1.29, 1.82) is 0 Å². The molecule has 1 aromatic carbocycles. The number of nitrogens with zero attached hydrogens (tertiary/aromatic N) is 1. The van der Waals surface area contributed by atoms with Crippen LogP contribution in [0.15, 0.2) is 30.3 Å². The monoisotopic (exact) mass is 189 g/mol. The molecule has 2 heterocycles. The molecule has 2 atom stereocenters. The molecule has 2 aliphatic rings. The lowest BCUT2D eigenvalue weighted by atomic mass is 10.0. The van der Waals surface area contributed by atoms with E-state index in [0.29, 0.717) is 12.1 Å². The molecule has 2 nitrogen and oxygen atoms in total. The zero-order valence-corrected chi connectivity index (χ0v) is 8.23. The maximum absolute atomic E-state index is 5.90. The standard InChI is InChI=1S/C12H15NO/c1-2-5-10(6-3-1)12-9-11-7-4-8-13(11)14-12/h1-3,5-6,11-12H,4,7-9H2/t11-,12-/m1/s1. The van der Waals surface area contributed by atoms with Gasteiger partial charge in [-0.3, -0.25) is 4.84 Å². The van der Waals surface area contributed by atoms with Crippen molar-refractivity contribution in [3.05, 3.63) is 35.9 Å². The summed E-state index contributed by atoms with van der Waals surface area (Å²) in [7, 11) is 0. The van der Waals surface area contributed by atoms with Crippen molar-refractivity contribution in [2.24, 2.45) is 0 Å². The first-order valence-corrected chi connectivity index (χ1v) is 5.42. The molecule has 2 heteroatoms. The largest absolute Gasteiger partial charge is 0.291 e. The van der Waals surface area contributed by atoms with Gasteiger partial charge in [-0.05, 0) is 24.8 Å². The maximum Gasteiger partial charge on any atom is 0.106 e. The maximum atomic E-state index is 5.90. The van der Waals surface area contributed by atoms with Gasteiger partial charge in [-0.25, -0.2) is 0 Å². The van der Waals surface area contributed by atoms with Gasteiger partial charge in [-0.2, -0.15) is 5.06 Å². The van der Waals surface area contributed by atoms with Crippen molar-refractivity contribution >= 4 is 0 Å². The highest BCUT2D eigenvalue weighted by molar-refractivity contribution is 5.18. The summed E-state index contributed by atoms with van der Waals surface area (Å²) in [5.74, 6) is 0. The Balaban J connectivity index is 1.77. The SMILES string of the molecule is c1ccc([C@H]2C[C@H]3CCCN3O2)cc1. The molecule has 0 saturated carbocycles. The Kier molecular flexibility index (Phi) is 2.03. The topological polar surface area (TPSA) is 12.5 Å². The fraction of sp³-hybridized carbons (Fsp3) is 0.500. The van der Waals surface area contributed by atoms with Gasteiger partial charge in [0.15, 0.2) is 0 Å². The Morgan fingerprint density at radius 1 is 1.21 bits per heavy atom. The molecule has 2 aliphatic heterocycles. The molecular weight excluding hydrogens is 174 g/mol. The minimum atomic E-state index is 0.307. The minimum Gasteiger partial charge on any atom is -0.291 e. The molecule has 2 fully saturated rings. The highest BCUT2D eigenvalue weighted by Gasteiger charge is 2.36. The quantitative estimate of drug-likeness (QED) is 0.673. The Bertz CT molecular complexity index is 299. The third kappa shape index (κ3) is 1.35. The molecule has 0 amide bonds. The van der Waals surface area contributed by atoms with E-state index in [0.717, 1.165) is 6.54 Å². The second kappa shape index (κ2) is 3.37. The fourth-order valence-corrected chi connectivity index (χ4v) is 2.50. The zero-order chi connectivity index (χ0) is 9.38. The zero-order valence-electron chi connectivity index (χ0n) is 8.23. The van der Waals surface area contributed by atoms with Crippen LogP contribution in [0.4, 0.5) is 0 Å².